The Morgan fingerprint density at radius 2 is 1.75 bits per heavy atom. The van der Waals surface area contributed by atoms with Crippen molar-refractivity contribution in [2.75, 3.05) is 20.3 Å². The first-order valence-electron chi connectivity index (χ1n) is 11.2. The maximum atomic E-state index is 13.3. The predicted molar refractivity (Wildman–Crippen MR) is 121 cm³/mol. The van der Waals surface area contributed by atoms with Crippen molar-refractivity contribution < 1.29 is 14.6 Å². The van der Waals surface area contributed by atoms with E-state index in [0.29, 0.717) is 30.0 Å². The standard InChI is InChI=1S/C25H30N4O3/c1-32-18-10-16-22-15-8-9-17-28(22)24(30)29-26-19-23(27-29)25(31,20-11-4-2-5-12-20)21-13-6-3-7-14-21/h2-7,11-14,19,22,31H,8-10,15-18H2,1H3. The highest BCUT2D eigenvalue weighted by Gasteiger charge is 2.38. The number of carbonyl (C=O) groups is 1. The molecular formula is C25H30N4O3. The van der Waals surface area contributed by atoms with Gasteiger partial charge in [0.25, 0.3) is 0 Å². The van der Waals surface area contributed by atoms with E-state index in [0.717, 1.165) is 36.9 Å². The van der Waals surface area contributed by atoms with E-state index in [-0.39, 0.29) is 12.1 Å². The monoisotopic (exact) mass is 434 g/mol. The molecule has 7 heteroatoms. The molecule has 7 nitrogen and oxygen atoms in total. The van der Waals surface area contributed by atoms with Gasteiger partial charge in [-0.05, 0) is 43.2 Å². The van der Waals surface area contributed by atoms with E-state index in [1.807, 2.05) is 65.6 Å². The Bertz CT molecular complexity index is 967. The smallest absolute Gasteiger partial charge is 0.362 e. The molecule has 0 saturated carbocycles. The molecule has 0 radical (unpaired) electrons. The van der Waals surface area contributed by atoms with Crippen LogP contribution in [-0.2, 0) is 10.3 Å². The van der Waals surface area contributed by atoms with Crippen molar-refractivity contribution in [1.82, 2.24) is 19.9 Å². The second-order valence-corrected chi connectivity index (χ2v) is 8.22. The third-order valence-corrected chi connectivity index (χ3v) is 6.18. The molecule has 1 aromatic heterocycles. The van der Waals surface area contributed by atoms with Crippen LogP contribution in [0, 0.1) is 0 Å². The van der Waals surface area contributed by atoms with Crippen LogP contribution in [0.1, 0.15) is 48.9 Å². The van der Waals surface area contributed by atoms with Crippen LogP contribution >= 0.6 is 0 Å². The summed E-state index contributed by atoms with van der Waals surface area (Å²) in [5.74, 6) is 0. The number of hydrogen-bond acceptors (Lipinski definition) is 5. The summed E-state index contributed by atoms with van der Waals surface area (Å²) >= 11 is 0. The number of rotatable bonds is 7. The van der Waals surface area contributed by atoms with E-state index >= 15 is 0 Å². The molecule has 1 N–H and O–H groups in total. The number of carbonyl (C=O) groups excluding carboxylic acids is 1. The highest BCUT2D eigenvalue weighted by atomic mass is 16.5. The second-order valence-electron chi connectivity index (χ2n) is 8.22. The van der Waals surface area contributed by atoms with Crippen molar-refractivity contribution in [1.29, 1.82) is 0 Å². The van der Waals surface area contributed by atoms with Crippen LogP contribution in [0.15, 0.2) is 66.9 Å². The van der Waals surface area contributed by atoms with E-state index in [1.165, 1.54) is 6.20 Å². The topological polar surface area (TPSA) is 80.5 Å². The van der Waals surface area contributed by atoms with Crippen LogP contribution in [-0.4, -0.2) is 57.3 Å². The molecule has 0 spiro atoms. The number of likely N-dealkylation sites (tertiary alicyclic amines) is 1. The Balaban J connectivity index is 1.64. The third kappa shape index (κ3) is 4.45. The maximum Gasteiger partial charge on any atom is 0.362 e. The Kier molecular flexibility index (Phi) is 6.97. The van der Waals surface area contributed by atoms with Gasteiger partial charge in [0, 0.05) is 26.3 Å². The molecule has 168 valence electrons. The number of methoxy groups -OCH3 is 1. The summed E-state index contributed by atoms with van der Waals surface area (Å²) in [7, 11) is 1.69. The number of ether oxygens (including phenoxy) is 1. The van der Waals surface area contributed by atoms with E-state index in [4.69, 9.17) is 4.74 Å². The number of benzene rings is 2. The lowest BCUT2D eigenvalue weighted by atomic mass is 9.84. The van der Waals surface area contributed by atoms with Gasteiger partial charge in [-0.2, -0.15) is 5.10 Å². The summed E-state index contributed by atoms with van der Waals surface area (Å²) in [6.07, 6.45) is 6.35. The molecule has 1 aliphatic heterocycles. The summed E-state index contributed by atoms with van der Waals surface area (Å²) in [5.41, 5.74) is 0.138. The first kappa shape index (κ1) is 22.2. The van der Waals surface area contributed by atoms with Crippen molar-refractivity contribution in [3.8, 4) is 0 Å². The molecule has 1 saturated heterocycles. The van der Waals surface area contributed by atoms with E-state index in [2.05, 4.69) is 10.2 Å². The number of hydrogen-bond donors (Lipinski definition) is 1. The molecule has 0 bridgehead atoms. The summed E-state index contributed by atoms with van der Waals surface area (Å²) in [4.78, 5) is 16.3. The highest BCUT2D eigenvalue weighted by molar-refractivity contribution is 5.75. The van der Waals surface area contributed by atoms with Gasteiger partial charge in [-0.15, -0.1) is 5.10 Å². The maximum absolute atomic E-state index is 13.3. The van der Waals surface area contributed by atoms with Gasteiger partial charge in [0.15, 0.2) is 5.60 Å². The fraction of sp³-hybridized carbons (Fsp3) is 0.400. The zero-order chi connectivity index (χ0) is 22.4. The van der Waals surface area contributed by atoms with Crippen LogP contribution in [0.25, 0.3) is 0 Å². The molecule has 1 fully saturated rings. The fourth-order valence-corrected chi connectivity index (χ4v) is 4.47. The average Bonchev–Trinajstić information content (AvgIpc) is 3.36. The molecule has 0 aliphatic carbocycles. The normalized spacial score (nSPS) is 16.8. The van der Waals surface area contributed by atoms with E-state index in [1.54, 1.807) is 7.11 Å². The lowest BCUT2D eigenvalue weighted by Crippen LogP contribution is -2.46. The average molecular weight is 435 g/mol. The number of amides is 1. The van der Waals surface area contributed by atoms with Crippen LogP contribution in [0.3, 0.4) is 0 Å². The quantitative estimate of drug-likeness (QED) is 0.572. The summed E-state index contributed by atoms with van der Waals surface area (Å²) in [6, 6.07) is 18.6. The van der Waals surface area contributed by atoms with Crippen molar-refractivity contribution in [2.24, 2.45) is 0 Å². The van der Waals surface area contributed by atoms with Gasteiger partial charge >= 0.3 is 6.03 Å². The zero-order valence-electron chi connectivity index (χ0n) is 18.4. The molecule has 2 heterocycles. The van der Waals surface area contributed by atoms with Crippen molar-refractivity contribution in [2.45, 2.75) is 43.7 Å². The lowest BCUT2D eigenvalue weighted by Gasteiger charge is -2.35. The van der Waals surface area contributed by atoms with Gasteiger partial charge in [-0.3, -0.25) is 0 Å². The summed E-state index contributed by atoms with van der Waals surface area (Å²) < 4.78 is 5.18. The van der Waals surface area contributed by atoms with Crippen LogP contribution in [0.5, 0.6) is 0 Å². The Hall–Kier alpha value is -3.03. The molecule has 4 rings (SSSR count). The molecule has 1 atom stereocenters. The third-order valence-electron chi connectivity index (χ3n) is 6.18. The van der Waals surface area contributed by atoms with Gasteiger partial charge in [0.05, 0.1) is 6.20 Å². The second kappa shape index (κ2) is 10.1. The van der Waals surface area contributed by atoms with E-state index < -0.39 is 5.60 Å². The Morgan fingerprint density at radius 1 is 1.09 bits per heavy atom. The van der Waals surface area contributed by atoms with Gasteiger partial charge in [-0.1, -0.05) is 65.5 Å². The Labute approximate surface area is 188 Å². The molecule has 1 unspecified atom stereocenters. The van der Waals surface area contributed by atoms with Gasteiger partial charge in [-0.25, -0.2) is 4.79 Å². The zero-order valence-corrected chi connectivity index (χ0v) is 18.4. The molecule has 32 heavy (non-hydrogen) atoms. The van der Waals surface area contributed by atoms with Crippen molar-refractivity contribution in [3.63, 3.8) is 0 Å². The number of nitrogens with zero attached hydrogens (tertiary/aromatic N) is 4. The predicted octanol–water partition coefficient (Wildman–Crippen LogP) is 3.81. The largest absolute Gasteiger partial charge is 0.385 e. The van der Waals surface area contributed by atoms with Crippen LogP contribution in [0.2, 0.25) is 0 Å². The molecule has 1 aliphatic rings. The van der Waals surface area contributed by atoms with Gasteiger partial charge in [0.1, 0.15) is 5.69 Å². The minimum atomic E-state index is -1.51. The van der Waals surface area contributed by atoms with Crippen LogP contribution in [0.4, 0.5) is 4.79 Å². The molecule has 1 amide bonds. The fourth-order valence-electron chi connectivity index (χ4n) is 4.47. The number of piperidine rings is 1. The molecule has 3 aromatic rings. The van der Waals surface area contributed by atoms with Crippen molar-refractivity contribution >= 4 is 6.03 Å². The van der Waals surface area contributed by atoms with Gasteiger partial charge in [0.2, 0.25) is 0 Å². The van der Waals surface area contributed by atoms with Crippen LogP contribution < -0.4 is 0 Å². The first-order chi connectivity index (χ1) is 15.6. The summed E-state index contributed by atoms with van der Waals surface area (Å²) in [6.45, 7) is 1.37. The SMILES string of the molecule is COCCCC1CCCCN1C(=O)n1ncc(C(O)(c2ccccc2)c2ccccc2)n1. The Morgan fingerprint density at radius 3 is 2.38 bits per heavy atom. The molecular weight excluding hydrogens is 404 g/mol. The number of aromatic nitrogens is 3. The minimum Gasteiger partial charge on any atom is -0.385 e. The highest BCUT2D eigenvalue weighted by Crippen LogP contribution is 2.35. The summed E-state index contributed by atoms with van der Waals surface area (Å²) in [5, 5.41) is 20.6. The first-order valence-corrected chi connectivity index (χ1v) is 11.2. The molecule has 2 aromatic carbocycles. The van der Waals surface area contributed by atoms with E-state index in [9.17, 15) is 9.90 Å². The minimum absolute atomic E-state index is 0.156. The number of aliphatic hydroxyl groups is 1. The van der Waals surface area contributed by atoms with Gasteiger partial charge < -0.3 is 14.7 Å². The van der Waals surface area contributed by atoms with Crippen molar-refractivity contribution in [3.05, 3.63) is 83.7 Å². The lowest BCUT2D eigenvalue weighted by molar-refractivity contribution is 0.117.